The summed E-state index contributed by atoms with van der Waals surface area (Å²) >= 11 is 5.44. The summed E-state index contributed by atoms with van der Waals surface area (Å²) in [6, 6.07) is 0.609. The van der Waals surface area contributed by atoms with Crippen molar-refractivity contribution in [2.45, 2.75) is 25.6 Å². The summed E-state index contributed by atoms with van der Waals surface area (Å²) in [6.07, 6.45) is -4.44. The van der Waals surface area contributed by atoms with Crippen LogP contribution in [0, 0.1) is 5.82 Å². The Balaban J connectivity index is 0.00000256. The maximum Gasteiger partial charge on any atom is 0.416 e. The minimum atomic E-state index is -4.63. The molecule has 0 aliphatic carbocycles. The second-order valence-corrected chi connectivity index (χ2v) is 3.74. The molecule has 0 fully saturated rings. The van der Waals surface area contributed by atoms with Crippen LogP contribution in [0.3, 0.4) is 0 Å². The molecule has 1 nitrogen and oxygen atoms in total. The van der Waals surface area contributed by atoms with Crippen LogP contribution in [0.5, 0.6) is 0 Å². The molecule has 17 heavy (non-hydrogen) atoms. The van der Waals surface area contributed by atoms with E-state index < -0.39 is 29.2 Å². The average molecular weight is 292 g/mol. The molecule has 0 spiro atoms. The van der Waals surface area contributed by atoms with E-state index in [4.69, 9.17) is 17.3 Å². The molecular formula is C10H11Cl2F4N. The van der Waals surface area contributed by atoms with Crippen LogP contribution in [0.15, 0.2) is 12.1 Å². The summed E-state index contributed by atoms with van der Waals surface area (Å²) < 4.78 is 51.3. The Morgan fingerprint density at radius 1 is 1.35 bits per heavy atom. The van der Waals surface area contributed by atoms with Crippen LogP contribution < -0.4 is 5.73 Å². The predicted molar refractivity (Wildman–Crippen MR) is 60.9 cm³/mol. The van der Waals surface area contributed by atoms with Crippen molar-refractivity contribution in [2.75, 3.05) is 0 Å². The van der Waals surface area contributed by atoms with Crippen LogP contribution >= 0.6 is 24.0 Å². The molecular weight excluding hydrogens is 281 g/mol. The Kier molecular flexibility index (Phi) is 5.71. The molecule has 0 heterocycles. The Morgan fingerprint density at radius 3 is 2.29 bits per heavy atom. The van der Waals surface area contributed by atoms with Crippen LogP contribution in [0.4, 0.5) is 17.6 Å². The molecule has 98 valence electrons. The lowest BCUT2D eigenvalue weighted by Gasteiger charge is -2.18. The Hall–Kier alpha value is -0.520. The third-order valence-corrected chi connectivity index (χ3v) is 2.54. The van der Waals surface area contributed by atoms with Gasteiger partial charge in [0.15, 0.2) is 0 Å². The smallest absolute Gasteiger partial charge is 0.324 e. The molecule has 1 aromatic carbocycles. The summed E-state index contributed by atoms with van der Waals surface area (Å²) in [5.74, 6) is -1.09. The average Bonchev–Trinajstić information content (AvgIpc) is 2.19. The van der Waals surface area contributed by atoms with E-state index in [1.807, 2.05) is 0 Å². The second kappa shape index (κ2) is 5.89. The highest BCUT2D eigenvalue weighted by Crippen LogP contribution is 2.38. The van der Waals surface area contributed by atoms with Crippen molar-refractivity contribution < 1.29 is 17.6 Å². The van der Waals surface area contributed by atoms with Crippen molar-refractivity contribution in [1.29, 1.82) is 0 Å². The normalized spacial score (nSPS) is 13.1. The van der Waals surface area contributed by atoms with Crippen molar-refractivity contribution in [2.24, 2.45) is 5.73 Å². The van der Waals surface area contributed by atoms with Crippen LogP contribution in [0.25, 0.3) is 0 Å². The van der Waals surface area contributed by atoms with E-state index in [2.05, 4.69) is 0 Å². The Labute approximate surface area is 107 Å². The minimum absolute atomic E-state index is 0. The molecule has 0 aliphatic heterocycles. The molecule has 2 N–H and O–H groups in total. The van der Waals surface area contributed by atoms with Gasteiger partial charge in [-0.05, 0) is 18.6 Å². The standard InChI is InChI=1S/C10H10ClF4N.ClH/c1-2-7(16)8-5(10(13,14)15)3-4-6(11)9(8)12;/h3-4,7H,2,16H2,1H3;1H/t7-;/m1./s1. The second-order valence-electron chi connectivity index (χ2n) is 3.34. The Morgan fingerprint density at radius 2 is 1.88 bits per heavy atom. The van der Waals surface area contributed by atoms with Crippen molar-refractivity contribution in [1.82, 2.24) is 0 Å². The molecule has 7 heteroatoms. The lowest BCUT2D eigenvalue weighted by Crippen LogP contribution is -2.19. The van der Waals surface area contributed by atoms with Gasteiger partial charge in [-0.15, -0.1) is 12.4 Å². The maximum atomic E-state index is 13.5. The first-order valence-corrected chi connectivity index (χ1v) is 4.97. The summed E-state index contributed by atoms with van der Waals surface area (Å²) in [6.45, 7) is 1.57. The van der Waals surface area contributed by atoms with E-state index in [0.29, 0.717) is 0 Å². The van der Waals surface area contributed by atoms with Gasteiger partial charge in [0, 0.05) is 11.6 Å². The predicted octanol–water partition coefficient (Wildman–Crippen LogP) is 4.33. The third kappa shape index (κ3) is 3.47. The lowest BCUT2D eigenvalue weighted by atomic mass is 9.98. The summed E-state index contributed by atoms with van der Waals surface area (Å²) in [5, 5.41) is -0.355. The van der Waals surface area contributed by atoms with Gasteiger partial charge in [-0.1, -0.05) is 18.5 Å². The highest BCUT2D eigenvalue weighted by molar-refractivity contribution is 6.30. The van der Waals surface area contributed by atoms with E-state index in [1.165, 1.54) is 0 Å². The molecule has 1 atom stereocenters. The maximum absolute atomic E-state index is 13.5. The van der Waals surface area contributed by atoms with E-state index in [9.17, 15) is 17.6 Å². The number of rotatable bonds is 2. The highest BCUT2D eigenvalue weighted by atomic mass is 35.5. The largest absolute Gasteiger partial charge is 0.416 e. The summed E-state index contributed by atoms with van der Waals surface area (Å²) in [7, 11) is 0. The number of hydrogen-bond acceptors (Lipinski definition) is 1. The molecule has 0 radical (unpaired) electrons. The number of hydrogen-bond donors (Lipinski definition) is 1. The molecule has 0 saturated carbocycles. The first-order valence-electron chi connectivity index (χ1n) is 4.59. The molecule has 0 unspecified atom stereocenters. The molecule has 0 aliphatic rings. The van der Waals surface area contributed by atoms with Crippen molar-refractivity contribution in [3.05, 3.63) is 34.1 Å². The van der Waals surface area contributed by atoms with E-state index in [-0.39, 0.29) is 23.9 Å². The van der Waals surface area contributed by atoms with Gasteiger partial charge in [0.25, 0.3) is 0 Å². The van der Waals surface area contributed by atoms with Crippen molar-refractivity contribution in [3.8, 4) is 0 Å². The molecule has 0 bridgehead atoms. The fourth-order valence-electron chi connectivity index (χ4n) is 1.38. The summed E-state index contributed by atoms with van der Waals surface area (Å²) in [5.41, 5.74) is 3.83. The summed E-state index contributed by atoms with van der Waals surface area (Å²) in [4.78, 5) is 0. The molecule has 1 aromatic rings. The zero-order chi connectivity index (χ0) is 12.5. The number of benzene rings is 1. The van der Waals surface area contributed by atoms with E-state index in [1.54, 1.807) is 6.92 Å². The fourth-order valence-corrected chi connectivity index (χ4v) is 1.54. The van der Waals surface area contributed by atoms with Gasteiger partial charge in [0.2, 0.25) is 0 Å². The van der Waals surface area contributed by atoms with Crippen molar-refractivity contribution in [3.63, 3.8) is 0 Å². The molecule has 0 amide bonds. The van der Waals surface area contributed by atoms with E-state index in [0.717, 1.165) is 12.1 Å². The topological polar surface area (TPSA) is 26.0 Å². The van der Waals surface area contributed by atoms with Gasteiger partial charge in [-0.25, -0.2) is 4.39 Å². The van der Waals surface area contributed by atoms with Crippen LogP contribution in [0.2, 0.25) is 5.02 Å². The SMILES string of the molecule is CC[C@@H](N)c1c(C(F)(F)F)ccc(Cl)c1F.Cl. The molecule has 0 aromatic heterocycles. The zero-order valence-corrected chi connectivity index (χ0v) is 10.4. The zero-order valence-electron chi connectivity index (χ0n) is 8.81. The van der Waals surface area contributed by atoms with Crippen molar-refractivity contribution >= 4 is 24.0 Å². The van der Waals surface area contributed by atoms with Gasteiger partial charge in [0.1, 0.15) is 5.82 Å². The van der Waals surface area contributed by atoms with Crippen LogP contribution in [0.1, 0.15) is 30.5 Å². The number of nitrogens with two attached hydrogens (primary N) is 1. The molecule has 1 rings (SSSR count). The van der Waals surface area contributed by atoms with Gasteiger partial charge in [-0.2, -0.15) is 13.2 Å². The van der Waals surface area contributed by atoms with Crippen LogP contribution in [-0.4, -0.2) is 0 Å². The first kappa shape index (κ1) is 16.5. The van der Waals surface area contributed by atoms with Gasteiger partial charge >= 0.3 is 6.18 Å². The fraction of sp³-hybridized carbons (Fsp3) is 0.400. The van der Waals surface area contributed by atoms with Gasteiger partial charge in [-0.3, -0.25) is 0 Å². The number of alkyl halides is 3. The first-order chi connectivity index (χ1) is 7.29. The third-order valence-electron chi connectivity index (χ3n) is 2.25. The number of halogens is 6. The minimum Gasteiger partial charge on any atom is -0.324 e. The van der Waals surface area contributed by atoms with Gasteiger partial charge in [0.05, 0.1) is 10.6 Å². The lowest BCUT2D eigenvalue weighted by molar-refractivity contribution is -0.138. The highest BCUT2D eigenvalue weighted by Gasteiger charge is 2.36. The Bertz CT molecular complexity index is 393. The quantitative estimate of drug-likeness (QED) is 0.807. The monoisotopic (exact) mass is 291 g/mol. The van der Waals surface area contributed by atoms with Gasteiger partial charge < -0.3 is 5.73 Å². The van der Waals surface area contributed by atoms with Crippen LogP contribution in [-0.2, 0) is 6.18 Å². The van der Waals surface area contributed by atoms with E-state index >= 15 is 0 Å². The molecule has 0 saturated heterocycles.